The van der Waals surface area contributed by atoms with E-state index in [0.29, 0.717) is 12.5 Å². The van der Waals surface area contributed by atoms with Gasteiger partial charge in [0.05, 0.1) is 0 Å². The summed E-state index contributed by atoms with van der Waals surface area (Å²) in [5.74, 6) is 0.266. The zero-order valence-corrected chi connectivity index (χ0v) is 6.62. The van der Waals surface area contributed by atoms with Crippen molar-refractivity contribution in [1.82, 2.24) is 4.90 Å². The smallest absolute Gasteiger partial charge is 0.224 e. The molecule has 2 unspecified atom stereocenters. The van der Waals surface area contributed by atoms with Crippen molar-refractivity contribution >= 4 is 5.91 Å². The van der Waals surface area contributed by atoms with Gasteiger partial charge in [-0.25, -0.2) is 0 Å². The summed E-state index contributed by atoms with van der Waals surface area (Å²) in [4.78, 5) is 13.2. The molecule has 0 aromatic rings. The Balaban J connectivity index is 2.13. The molecule has 0 radical (unpaired) electrons. The van der Waals surface area contributed by atoms with Crippen LogP contribution >= 0.6 is 0 Å². The van der Waals surface area contributed by atoms with Crippen molar-refractivity contribution in [2.45, 2.75) is 37.8 Å². The van der Waals surface area contributed by atoms with E-state index in [-0.39, 0.29) is 11.9 Å². The highest BCUT2D eigenvalue weighted by Crippen LogP contribution is 2.26. The van der Waals surface area contributed by atoms with Gasteiger partial charge in [-0.15, -0.1) is 0 Å². The predicted octanol–water partition coefficient (Wildman–Crippen LogP) is 0.0985. The molecule has 2 heterocycles. The van der Waals surface area contributed by atoms with Crippen molar-refractivity contribution in [2.24, 2.45) is 5.73 Å². The molecule has 2 rings (SSSR count). The largest absolute Gasteiger partial charge is 0.338 e. The zero-order valence-electron chi connectivity index (χ0n) is 6.62. The van der Waals surface area contributed by atoms with Crippen LogP contribution in [0.1, 0.15) is 25.7 Å². The summed E-state index contributed by atoms with van der Waals surface area (Å²) in [5, 5.41) is 0. The van der Waals surface area contributed by atoms with E-state index in [1.54, 1.807) is 0 Å². The topological polar surface area (TPSA) is 46.3 Å². The second kappa shape index (κ2) is 2.48. The number of piperidine rings is 1. The highest BCUT2D eigenvalue weighted by molar-refractivity contribution is 5.80. The van der Waals surface area contributed by atoms with Gasteiger partial charge in [-0.05, 0) is 19.3 Å². The third-order valence-electron chi connectivity index (χ3n) is 2.77. The number of amides is 1. The molecule has 2 fully saturated rings. The van der Waals surface area contributed by atoms with Crippen molar-refractivity contribution in [2.75, 3.05) is 6.54 Å². The van der Waals surface area contributed by atoms with E-state index in [9.17, 15) is 4.79 Å². The van der Waals surface area contributed by atoms with Gasteiger partial charge in [-0.2, -0.15) is 0 Å². The number of rotatable bonds is 0. The summed E-state index contributed by atoms with van der Waals surface area (Å²) >= 11 is 0. The van der Waals surface area contributed by atoms with Crippen LogP contribution in [0.5, 0.6) is 0 Å². The maximum Gasteiger partial charge on any atom is 0.224 e. The molecule has 3 heteroatoms. The Bertz CT molecular complexity index is 181. The molecule has 2 saturated heterocycles. The highest BCUT2D eigenvalue weighted by atomic mass is 16.2. The molecule has 2 aliphatic heterocycles. The van der Waals surface area contributed by atoms with Gasteiger partial charge in [0.1, 0.15) is 0 Å². The zero-order chi connectivity index (χ0) is 7.84. The summed E-state index contributed by atoms with van der Waals surface area (Å²) in [5.41, 5.74) is 5.82. The van der Waals surface area contributed by atoms with Crippen LogP contribution in [0.4, 0.5) is 0 Å². The average Bonchev–Trinajstić information content (AvgIpc) is 2.30. The van der Waals surface area contributed by atoms with Crippen molar-refractivity contribution in [3.05, 3.63) is 0 Å². The van der Waals surface area contributed by atoms with Crippen LogP contribution in [0.2, 0.25) is 0 Å². The lowest BCUT2D eigenvalue weighted by Gasteiger charge is -2.31. The molecule has 1 amide bonds. The van der Waals surface area contributed by atoms with Crippen molar-refractivity contribution < 1.29 is 4.79 Å². The van der Waals surface area contributed by atoms with E-state index in [2.05, 4.69) is 0 Å². The minimum Gasteiger partial charge on any atom is -0.338 e. The number of carbonyl (C=O) groups is 1. The van der Waals surface area contributed by atoms with Crippen LogP contribution in [0.3, 0.4) is 0 Å². The first-order valence-electron chi connectivity index (χ1n) is 4.34. The lowest BCUT2D eigenvalue weighted by atomic mass is 10.00. The second-order valence-electron chi connectivity index (χ2n) is 3.52. The summed E-state index contributed by atoms with van der Waals surface area (Å²) in [6.07, 6.45) is 4.09. The Morgan fingerprint density at radius 2 is 2.27 bits per heavy atom. The Kier molecular flexibility index (Phi) is 1.60. The molecule has 11 heavy (non-hydrogen) atoms. The first kappa shape index (κ1) is 7.10. The molecule has 0 aliphatic carbocycles. The van der Waals surface area contributed by atoms with Gasteiger partial charge in [0, 0.05) is 25.0 Å². The summed E-state index contributed by atoms with van der Waals surface area (Å²) in [6.45, 7) is 0.942. The van der Waals surface area contributed by atoms with Gasteiger partial charge in [-0.1, -0.05) is 0 Å². The van der Waals surface area contributed by atoms with Crippen molar-refractivity contribution in [3.8, 4) is 0 Å². The lowest BCUT2D eigenvalue weighted by Crippen LogP contribution is -2.43. The van der Waals surface area contributed by atoms with Crippen LogP contribution in [-0.4, -0.2) is 29.4 Å². The van der Waals surface area contributed by atoms with E-state index in [1.165, 1.54) is 6.42 Å². The molecule has 3 nitrogen and oxygen atoms in total. The number of fused-ring (bicyclic) bond motifs is 1. The number of carbonyl (C=O) groups excluding carboxylic acids is 1. The van der Waals surface area contributed by atoms with Gasteiger partial charge in [0.2, 0.25) is 5.91 Å². The molecule has 2 atom stereocenters. The molecule has 2 N–H and O–H groups in total. The SMILES string of the molecule is NC1CC(=O)N2CCCCC12. The number of nitrogens with two attached hydrogens (primary N) is 1. The van der Waals surface area contributed by atoms with Crippen LogP contribution in [0.15, 0.2) is 0 Å². The minimum absolute atomic E-state index is 0.114. The van der Waals surface area contributed by atoms with Gasteiger partial charge in [0.15, 0.2) is 0 Å². The molecule has 0 bridgehead atoms. The fourth-order valence-electron chi connectivity index (χ4n) is 2.17. The molecule has 0 aromatic heterocycles. The van der Waals surface area contributed by atoms with Gasteiger partial charge in [-0.3, -0.25) is 4.79 Å². The van der Waals surface area contributed by atoms with Gasteiger partial charge >= 0.3 is 0 Å². The van der Waals surface area contributed by atoms with Crippen molar-refractivity contribution in [1.29, 1.82) is 0 Å². The molecule has 2 aliphatic rings. The number of nitrogens with zero attached hydrogens (tertiary/aromatic N) is 1. The number of hydrogen-bond acceptors (Lipinski definition) is 2. The Labute approximate surface area is 66.5 Å². The van der Waals surface area contributed by atoms with Crippen LogP contribution < -0.4 is 5.73 Å². The quantitative estimate of drug-likeness (QED) is 0.538. The van der Waals surface area contributed by atoms with Gasteiger partial charge < -0.3 is 10.6 Å². The predicted molar refractivity (Wildman–Crippen MR) is 41.9 cm³/mol. The second-order valence-corrected chi connectivity index (χ2v) is 3.52. The van der Waals surface area contributed by atoms with E-state index < -0.39 is 0 Å². The van der Waals surface area contributed by atoms with E-state index in [4.69, 9.17) is 5.73 Å². The Morgan fingerprint density at radius 1 is 1.45 bits per heavy atom. The summed E-state index contributed by atoms with van der Waals surface area (Å²) in [7, 11) is 0. The highest BCUT2D eigenvalue weighted by Gasteiger charge is 2.38. The van der Waals surface area contributed by atoms with Crippen LogP contribution in [0.25, 0.3) is 0 Å². The fraction of sp³-hybridized carbons (Fsp3) is 0.875. The molecular weight excluding hydrogens is 140 g/mol. The Hall–Kier alpha value is -0.570. The van der Waals surface area contributed by atoms with E-state index >= 15 is 0 Å². The minimum atomic E-state index is 0.114. The van der Waals surface area contributed by atoms with Crippen LogP contribution in [-0.2, 0) is 4.79 Å². The first-order valence-corrected chi connectivity index (χ1v) is 4.34. The van der Waals surface area contributed by atoms with E-state index in [1.807, 2.05) is 4.90 Å². The van der Waals surface area contributed by atoms with Crippen molar-refractivity contribution in [3.63, 3.8) is 0 Å². The number of hydrogen-bond donors (Lipinski definition) is 1. The summed E-state index contributed by atoms with van der Waals surface area (Å²) < 4.78 is 0. The maximum absolute atomic E-state index is 11.3. The maximum atomic E-state index is 11.3. The first-order chi connectivity index (χ1) is 5.29. The Morgan fingerprint density at radius 3 is 3.00 bits per heavy atom. The van der Waals surface area contributed by atoms with E-state index in [0.717, 1.165) is 19.4 Å². The fourth-order valence-corrected chi connectivity index (χ4v) is 2.17. The summed E-state index contributed by atoms with van der Waals surface area (Å²) in [6, 6.07) is 0.485. The van der Waals surface area contributed by atoms with Crippen LogP contribution in [0, 0.1) is 0 Å². The normalized spacial score (nSPS) is 37.5. The average molecular weight is 154 g/mol. The molecular formula is C8H14N2O. The third-order valence-corrected chi connectivity index (χ3v) is 2.77. The molecule has 62 valence electrons. The standard InChI is InChI=1S/C8H14N2O/c9-6-5-8(11)10-4-2-1-3-7(6)10/h6-7H,1-5,9H2. The molecule has 0 saturated carbocycles. The molecule has 0 spiro atoms. The molecule has 0 aromatic carbocycles. The third kappa shape index (κ3) is 1.03. The monoisotopic (exact) mass is 154 g/mol. The van der Waals surface area contributed by atoms with Gasteiger partial charge in [0.25, 0.3) is 0 Å². The lowest BCUT2D eigenvalue weighted by molar-refractivity contribution is -0.129.